The average Bonchev–Trinajstić information content (AvgIpc) is 2.81. The van der Waals surface area contributed by atoms with Crippen molar-refractivity contribution in [2.75, 3.05) is 66.0 Å². The maximum absolute atomic E-state index is 9.18. The number of nitrogens with zero attached hydrogens (tertiary/aromatic N) is 3. The van der Waals surface area contributed by atoms with Crippen LogP contribution in [0.3, 0.4) is 0 Å². The molecule has 25 heavy (non-hydrogen) atoms. The van der Waals surface area contributed by atoms with E-state index in [4.69, 9.17) is 4.99 Å². The smallest absolute Gasteiger partial charge is 0.191 e. The standard InChI is InChI=1S/C19H41N5O/c1-4-8-18(9-16-25)17-22-19(20-5-2)21-10-6-12-24-13-7-11-23(3)14-15-24/h18,25H,4-17H2,1-3H3,(H2,20,21,22). The third kappa shape index (κ3) is 10.7. The number of rotatable bonds is 11. The van der Waals surface area contributed by atoms with Crippen molar-refractivity contribution in [3.05, 3.63) is 0 Å². The van der Waals surface area contributed by atoms with Crippen LogP contribution < -0.4 is 10.6 Å². The normalized spacial score (nSPS) is 18.8. The van der Waals surface area contributed by atoms with Crippen molar-refractivity contribution in [3.63, 3.8) is 0 Å². The van der Waals surface area contributed by atoms with Gasteiger partial charge in [-0.25, -0.2) is 0 Å². The maximum Gasteiger partial charge on any atom is 0.191 e. The summed E-state index contributed by atoms with van der Waals surface area (Å²) in [6.45, 7) is 13.1. The average molecular weight is 356 g/mol. The zero-order chi connectivity index (χ0) is 18.3. The lowest BCUT2D eigenvalue weighted by Gasteiger charge is -2.20. The van der Waals surface area contributed by atoms with Crippen LogP contribution in [-0.4, -0.2) is 86.9 Å². The number of aliphatic imine (C=N–C) groups is 1. The van der Waals surface area contributed by atoms with Crippen LogP contribution in [0.15, 0.2) is 4.99 Å². The van der Waals surface area contributed by atoms with Gasteiger partial charge in [0.2, 0.25) is 0 Å². The van der Waals surface area contributed by atoms with Crippen molar-refractivity contribution >= 4 is 5.96 Å². The van der Waals surface area contributed by atoms with Crippen LogP contribution in [0.1, 0.15) is 46.0 Å². The van der Waals surface area contributed by atoms with E-state index in [9.17, 15) is 5.11 Å². The highest BCUT2D eigenvalue weighted by atomic mass is 16.3. The molecule has 6 nitrogen and oxygen atoms in total. The number of guanidine groups is 1. The predicted molar refractivity (Wildman–Crippen MR) is 107 cm³/mol. The van der Waals surface area contributed by atoms with Crippen LogP contribution in [0.25, 0.3) is 0 Å². The molecule has 148 valence electrons. The van der Waals surface area contributed by atoms with Crippen LogP contribution in [0.4, 0.5) is 0 Å². The molecule has 1 heterocycles. The summed E-state index contributed by atoms with van der Waals surface area (Å²) in [7, 11) is 2.22. The third-order valence-corrected chi connectivity index (χ3v) is 4.84. The fourth-order valence-corrected chi connectivity index (χ4v) is 3.31. The Kier molecular flexibility index (Phi) is 12.7. The molecule has 0 bridgehead atoms. The van der Waals surface area contributed by atoms with E-state index >= 15 is 0 Å². The summed E-state index contributed by atoms with van der Waals surface area (Å²) >= 11 is 0. The fraction of sp³-hybridized carbons (Fsp3) is 0.947. The first-order valence-corrected chi connectivity index (χ1v) is 10.2. The van der Waals surface area contributed by atoms with E-state index in [0.717, 1.165) is 57.8 Å². The Bertz CT molecular complexity index is 345. The molecule has 0 aromatic carbocycles. The molecule has 0 aromatic rings. The van der Waals surface area contributed by atoms with E-state index in [1.54, 1.807) is 0 Å². The summed E-state index contributed by atoms with van der Waals surface area (Å²) in [6, 6.07) is 0. The Labute approximate surface area is 155 Å². The van der Waals surface area contributed by atoms with E-state index in [-0.39, 0.29) is 6.61 Å². The third-order valence-electron chi connectivity index (χ3n) is 4.84. The lowest BCUT2D eigenvalue weighted by Crippen LogP contribution is -2.39. The topological polar surface area (TPSA) is 63.1 Å². The molecule has 1 fully saturated rings. The van der Waals surface area contributed by atoms with Crippen molar-refractivity contribution in [1.29, 1.82) is 0 Å². The number of hydrogen-bond acceptors (Lipinski definition) is 4. The molecular weight excluding hydrogens is 314 g/mol. The number of aliphatic hydroxyl groups excluding tert-OH is 1. The van der Waals surface area contributed by atoms with Gasteiger partial charge in [0.1, 0.15) is 0 Å². The van der Waals surface area contributed by atoms with Gasteiger partial charge in [-0.3, -0.25) is 4.99 Å². The second kappa shape index (κ2) is 14.3. The molecule has 6 heteroatoms. The van der Waals surface area contributed by atoms with Gasteiger partial charge < -0.3 is 25.5 Å². The van der Waals surface area contributed by atoms with Crippen molar-refractivity contribution in [2.24, 2.45) is 10.9 Å². The van der Waals surface area contributed by atoms with E-state index in [0.29, 0.717) is 5.92 Å². The van der Waals surface area contributed by atoms with E-state index in [1.807, 2.05) is 0 Å². The monoisotopic (exact) mass is 355 g/mol. The lowest BCUT2D eigenvalue weighted by atomic mass is 10.0. The molecule has 1 aliphatic rings. The van der Waals surface area contributed by atoms with Gasteiger partial charge in [0.05, 0.1) is 0 Å². The first-order chi connectivity index (χ1) is 12.2. The van der Waals surface area contributed by atoms with Crippen molar-refractivity contribution < 1.29 is 5.11 Å². The highest BCUT2D eigenvalue weighted by Gasteiger charge is 2.11. The highest BCUT2D eigenvalue weighted by molar-refractivity contribution is 5.79. The molecule has 0 amide bonds. The lowest BCUT2D eigenvalue weighted by molar-refractivity contribution is 0.253. The summed E-state index contributed by atoms with van der Waals surface area (Å²) in [4.78, 5) is 9.72. The molecule has 1 aliphatic heterocycles. The molecule has 0 saturated carbocycles. The minimum absolute atomic E-state index is 0.259. The van der Waals surface area contributed by atoms with Crippen LogP contribution in [0, 0.1) is 5.92 Å². The summed E-state index contributed by atoms with van der Waals surface area (Å²) in [5.41, 5.74) is 0. The van der Waals surface area contributed by atoms with Crippen LogP contribution >= 0.6 is 0 Å². The Morgan fingerprint density at radius 2 is 1.96 bits per heavy atom. The minimum Gasteiger partial charge on any atom is -0.396 e. The van der Waals surface area contributed by atoms with Gasteiger partial charge in [-0.1, -0.05) is 13.3 Å². The molecule has 1 atom stereocenters. The molecule has 0 radical (unpaired) electrons. The van der Waals surface area contributed by atoms with E-state index in [1.165, 1.54) is 32.6 Å². The van der Waals surface area contributed by atoms with Crippen LogP contribution in [0.5, 0.6) is 0 Å². The molecule has 0 spiro atoms. The van der Waals surface area contributed by atoms with Crippen molar-refractivity contribution in [1.82, 2.24) is 20.4 Å². The van der Waals surface area contributed by atoms with E-state index < -0.39 is 0 Å². The quantitative estimate of drug-likeness (QED) is 0.297. The summed E-state index contributed by atoms with van der Waals surface area (Å²) in [6.07, 6.45) is 5.54. The number of hydrogen-bond donors (Lipinski definition) is 3. The van der Waals surface area contributed by atoms with Gasteiger partial charge in [-0.15, -0.1) is 0 Å². The highest BCUT2D eigenvalue weighted by Crippen LogP contribution is 2.11. The predicted octanol–water partition coefficient (Wildman–Crippen LogP) is 1.37. The van der Waals surface area contributed by atoms with Crippen LogP contribution in [0.2, 0.25) is 0 Å². The second-order valence-corrected chi connectivity index (χ2v) is 7.17. The largest absolute Gasteiger partial charge is 0.396 e. The minimum atomic E-state index is 0.259. The molecule has 0 aliphatic carbocycles. The molecule has 1 rings (SSSR count). The molecule has 3 N–H and O–H groups in total. The van der Waals surface area contributed by atoms with Gasteiger partial charge in [-0.05, 0) is 65.2 Å². The molecular formula is C19H41N5O. The fourth-order valence-electron chi connectivity index (χ4n) is 3.31. The Morgan fingerprint density at radius 3 is 2.68 bits per heavy atom. The van der Waals surface area contributed by atoms with Gasteiger partial charge >= 0.3 is 0 Å². The Balaban J connectivity index is 2.30. The first kappa shape index (κ1) is 22.2. The number of likely N-dealkylation sites (N-methyl/N-ethyl adjacent to an activating group) is 1. The molecule has 1 unspecified atom stereocenters. The molecule has 1 saturated heterocycles. The van der Waals surface area contributed by atoms with Gasteiger partial charge in [0, 0.05) is 39.3 Å². The van der Waals surface area contributed by atoms with Gasteiger partial charge in [0.25, 0.3) is 0 Å². The first-order valence-electron chi connectivity index (χ1n) is 10.2. The zero-order valence-electron chi connectivity index (χ0n) is 16.8. The maximum atomic E-state index is 9.18. The number of aliphatic hydroxyl groups is 1. The molecule has 0 aromatic heterocycles. The van der Waals surface area contributed by atoms with Crippen LogP contribution in [-0.2, 0) is 0 Å². The van der Waals surface area contributed by atoms with Crippen molar-refractivity contribution in [2.45, 2.75) is 46.0 Å². The summed E-state index contributed by atoms with van der Waals surface area (Å²) < 4.78 is 0. The number of nitrogens with one attached hydrogen (secondary N) is 2. The second-order valence-electron chi connectivity index (χ2n) is 7.17. The van der Waals surface area contributed by atoms with Gasteiger partial charge in [-0.2, -0.15) is 0 Å². The summed E-state index contributed by atoms with van der Waals surface area (Å²) in [5, 5.41) is 16.0. The Morgan fingerprint density at radius 1 is 1.12 bits per heavy atom. The zero-order valence-corrected chi connectivity index (χ0v) is 16.8. The van der Waals surface area contributed by atoms with E-state index in [2.05, 4.69) is 41.3 Å². The SMILES string of the molecule is CCCC(CCO)CN=C(NCC)NCCCN1CCCN(C)CC1. The van der Waals surface area contributed by atoms with Crippen molar-refractivity contribution in [3.8, 4) is 0 Å². The Hall–Kier alpha value is -0.850. The van der Waals surface area contributed by atoms with Gasteiger partial charge in [0.15, 0.2) is 5.96 Å². The summed E-state index contributed by atoms with van der Waals surface area (Å²) in [5.74, 6) is 1.40.